The van der Waals surface area contributed by atoms with Gasteiger partial charge in [-0.1, -0.05) is 87.8 Å². The number of carbonyl (C=O) groups is 1. The Morgan fingerprint density at radius 2 is 1.58 bits per heavy atom. The van der Waals surface area contributed by atoms with Crippen LogP contribution in [0.4, 0.5) is 5.69 Å². The minimum absolute atomic E-state index is 0.00943. The molecule has 0 N–H and O–H groups in total. The molecular formula is C26H19BrN2O4. The molecule has 0 amide bonds. The Labute approximate surface area is 198 Å². The summed E-state index contributed by atoms with van der Waals surface area (Å²) in [6.07, 6.45) is 0.251. The number of nitrogens with zero attached hydrogens (tertiary/aromatic N) is 2. The lowest BCUT2D eigenvalue weighted by atomic mass is 9.68. The second-order valence-corrected chi connectivity index (χ2v) is 8.96. The molecule has 164 valence electrons. The topological polar surface area (TPSA) is 86.2 Å². The van der Waals surface area contributed by atoms with Crippen molar-refractivity contribution < 1.29 is 14.2 Å². The quantitative estimate of drug-likeness (QED) is 0.234. The summed E-state index contributed by atoms with van der Waals surface area (Å²) in [5.74, 6) is -0.240. The molecule has 7 heteroatoms. The van der Waals surface area contributed by atoms with Crippen molar-refractivity contribution in [1.29, 1.82) is 0 Å². The second-order valence-electron chi connectivity index (χ2n) is 8.11. The Bertz CT molecular complexity index is 1350. The average Bonchev–Trinajstić information content (AvgIpc) is 3.19. The Morgan fingerprint density at radius 3 is 2.18 bits per heavy atom. The summed E-state index contributed by atoms with van der Waals surface area (Å²) in [6.45, 7) is 1.57. The first-order valence-electron chi connectivity index (χ1n) is 10.5. The van der Waals surface area contributed by atoms with E-state index >= 15 is 0 Å². The molecule has 1 heterocycles. The number of aryl methyl sites for hydroxylation is 1. The van der Waals surface area contributed by atoms with Crippen LogP contribution in [0.5, 0.6) is 0 Å². The van der Waals surface area contributed by atoms with E-state index in [0.717, 1.165) is 21.2 Å². The van der Waals surface area contributed by atoms with E-state index < -0.39 is 4.92 Å². The number of rotatable bonds is 5. The molecule has 1 aromatic heterocycles. The van der Waals surface area contributed by atoms with E-state index in [1.807, 2.05) is 72.8 Å². The van der Waals surface area contributed by atoms with E-state index in [9.17, 15) is 14.9 Å². The summed E-state index contributed by atoms with van der Waals surface area (Å²) in [6, 6.07) is 23.0. The van der Waals surface area contributed by atoms with Crippen molar-refractivity contribution in [1.82, 2.24) is 5.16 Å². The van der Waals surface area contributed by atoms with Crippen LogP contribution in [-0.2, 0) is 6.42 Å². The van der Waals surface area contributed by atoms with Crippen molar-refractivity contribution in [3.63, 3.8) is 0 Å². The number of nitro groups is 1. The number of hydrogen-bond acceptors (Lipinski definition) is 5. The first-order chi connectivity index (χ1) is 16.0. The third kappa shape index (κ3) is 3.58. The molecule has 0 saturated heterocycles. The van der Waals surface area contributed by atoms with Gasteiger partial charge in [0.25, 0.3) is 0 Å². The van der Waals surface area contributed by atoms with Crippen molar-refractivity contribution >= 4 is 27.4 Å². The molecule has 5 rings (SSSR count). The van der Waals surface area contributed by atoms with Gasteiger partial charge in [0.05, 0.1) is 4.92 Å². The minimum atomic E-state index is -0.440. The third-order valence-electron chi connectivity index (χ3n) is 6.28. The van der Waals surface area contributed by atoms with Crippen LogP contribution in [0.15, 0.2) is 81.8 Å². The standard InChI is InChI=1S/C26H19BrN2O4/c1-15-25(29(31)32)23(33-28-15)14-21(16-8-6-7-13-22(16)27)24-17-9-2-4-11-19(17)26(30)20-12-5-3-10-18(20)24/h2-13,21,24H,14H2,1H3. The van der Waals surface area contributed by atoms with E-state index in [1.165, 1.54) is 0 Å². The normalized spacial score (nSPS) is 13.9. The van der Waals surface area contributed by atoms with E-state index in [2.05, 4.69) is 21.1 Å². The molecule has 0 aliphatic heterocycles. The van der Waals surface area contributed by atoms with Gasteiger partial charge in [0, 0.05) is 33.9 Å². The van der Waals surface area contributed by atoms with Crippen molar-refractivity contribution in [2.75, 3.05) is 0 Å². The van der Waals surface area contributed by atoms with E-state index in [4.69, 9.17) is 4.52 Å². The monoisotopic (exact) mass is 502 g/mol. The van der Waals surface area contributed by atoms with E-state index in [1.54, 1.807) is 6.92 Å². The number of benzene rings is 3. The van der Waals surface area contributed by atoms with Crippen LogP contribution in [0.3, 0.4) is 0 Å². The van der Waals surface area contributed by atoms with Crippen LogP contribution in [0, 0.1) is 17.0 Å². The van der Waals surface area contributed by atoms with E-state index in [-0.39, 0.29) is 41.2 Å². The largest absolute Gasteiger partial charge is 0.354 e. The Kier molecular flexibility index (Phi) is 5.42. The highest BCUT2D eigenvalue weighted by molar-refractivity contribution is 9.10. The van der Waals surface area contributed by atoms with Crippen molar-refractivity contribution in [3.05, 3.63) is 127 Å². The number of ketones is 1. The number of fused-ring (bicyclic) bond motifs is 2. The maximum absolute atomic E-state index is 13.3. The molecule has 6 nitrogen and oxygen atoms in total. The van der Waals surface area contributed by atoms with E-state index in [0.29, 0.717) is 11.1 Å². The lowest BCUT2D eigenvalue weighted by molar-refractivity contribution is -0.386. The summed E-state index contributed by atoms with van der Waals surface area (Å²) < 4.78 is 6.35. The highest BCUT2D eigenvalue weighted by atomic mass is 79.9. The minimum Gasteiger partial charge on any atom is -0.354 e. The molecule has 0 bridgehead atoms. The lowest BCUT2D eigenvalue weighted by Gasteiger charge is -2.34. The first kappa shape index (κ1) is 21.3. The van der Waals surface area contributed by atoms with Gasteiger partial charge in [-0.05, 0) is 29.7 Å². The SMILES string of the molecule is Cc1noc(CC(c2ccccc2Br)C2c3ccccc3C(=O)c3ccccc32)c1[N+](=O)[O-]. The molecule has 33 heavy (non-hydrogen) atoms. The molecule has 4 aromatic rings. The summed E-state index contributed by atoms with van der Waals surface area (Å²) >= 11 is 3.67. The number of carbonyl (C=O) groups excluding carboxylic acids is 1. The maximum Gasteiger partial charge on any atom is 0.334 e. The Hall–Kier alpha value is -3.58. The van der Waals surface area contributed by atoms with Crippen LogP contribution >= 0.6 is 15.9 Å². The van der Waals surface area contributed by atoms with Gasteiger partial charge in [-0.15, -0.1) is 0 Å². The molecule has 1 unspecified atom stereocenters. The number of aromatic nitrogens is 1. The number of halogens is 1. The molecule has 1 aliphatic carbocycles. The first-order valence-corrected chi connectivity index (χ1v) is 11.3. The average molecular weight is 503 g/mol. The van der Waals surface area contributed by atoms with Crippen LogP contribution in [0.1, 0.15) is 55.9 Å². The molecule has 1 atom stereocenters. The van der Waals surface area contributed by atoms with Crippen molar-refractivity contribution in [2.24, 2.45) is 0 Å². The molecule has 0 saturated carbocycles. The predicted octanol–water partition coefficient (Wildman–Crippen LogP) is 6.36. The summed E-state index contributed by atoms with van der Waals surface area (Å²) in [4.78, 5) is 24.6. The fourth-order valence-corrected chi connectivity index (χ4v) is 5.44. The highest BCUT2D eigenvalue weighted by Crippen LogP contribution is 2.48. The van der Waals surface area contributed by atoms with Gasteiger partial charge in [-0.25, -0.2) is 0 Å². The number of hydrogen-bond donors (Lipinski definition) is 0. The van der Waals surface area contributed by atoms with Crippen molar-refractivity contribution in [3.8, 4) is 0 Å². The lowest BCUT2D eigenvalue weighted by Crippen LogP contribution is -2.25. The summed E-state index contributed by atoms with van der Waals surface area (Å²) in [5, 5.41) is 15.6. The molecule has 3 aromatic carbocycles. The zero-order valence-corrected chi connectivity index (χ0v) is 19.3. The maximum atomic E-state index is 13.3. The van der Waals surface area contributed by atoms with Gasteiger partial charge >= 0.3 is 5.69 Å². The molecule has 0 radical (unpaired) electrons. The van der Waals surface area contributed by atoms with Gasteiger partial charge < -0.3 is 4.52 Å². The summed E-state index contributed by atoms with van der Waals surface area (Å²) in [7, 11) is 0. The van der Waals surface area contributed by atoms with Crippen molar-refractivity contribution in [2.45, 2.75) is 25.2 Å². The van der Waals surface area contributed by atoms with Gasteiger partial charge in [-0.3, -0.25) is 14.9 Å². The smallest absolute Gasteiger partial charge is 0.334 e. The zero-order valence-electron chi connectivity index (χ0n) is 17.7. The highest BCUT2D eigenvalue weighted by Gasteiger charge is 2.39. The molecule has 0 spiro atoms. The molecule has 0 fully saturated rings. The Balaban J connectivity index is 1.75. The second kappa shape index (κ2) is 8.41. The third-order valence-corrected chi connectivity index (χ3v) is 7.00. The van der Waals surface area contributed by atoms with Gasteiger partial charge in [0.15, 0.2) is 11.5 Å². The van der Waals surface area contributed by atoms with Crippen LogP contribution in [0.2, 0.25) is 0 Å². The van der Waals surface area contributed by atoms with Crippen LogP contribution < -0.4 is 0 Å². The van der Waals surface area contributed by atoms with Crippen LogP contribution in [0.25, 0.3) is 0 Å². The zero-order chi connectivity index (χ0) is 23.1. The Morgan fingerprint density at radius 1 is 1.00 bits per heavy atom. The van der Waals surface area contributed by atoms with Crippen LogP contribution in [-0.4, -0.2) is 15.9 Å². The van der Waals surface area contributed by atoms with Gasteiger partial charge in [0.1, 0.15) is 0 Å². The van der Waals surface area contributed by atoms with Gasteiger partial charge in [-0.2, -0.15) is 0 Å². The fraction of sp³-hybridized carbons (Fsp3) is 0.154. The molecule has 1 aliphatic rings. The molecular weight excluding hydrogens is 484 g/mol. The fourth-order valence-electron chi connectivity index (χ4n) is 4.86. The van der Waals surface area contributed by atoms with Gasteiger partial charge in [0.2, 0.25) is 5.76 Å². The predicted molar refractivity (Wildman–Crippen MR) is 127 cm³/mol. The summed E-state index contributed by atoms with van der Waals surface area (Å²) in [5.41, 5.74) is 4.25.